The van der Waals surface area contributed by atoms with Crippen LogP contribution in [0.15, 0.2) is 14.3 Å². The summed E-state index contributed by atoms with van der Waals surface area (Å²) in [7, 11) is 0. The number of nitrogens with two attached hydrogens (primary N) is 1. The van der Waals surface area contributed by atoms with Crippen LogP contribution in [0.1, 0.15) is 37.6 Å². The minimum absolute atomic E-state index is 0.253. The molecule has 1 saturated heterocycles. The summed E-state index contributed by atoms with van der Waals surface area (Å²) in [5.41, 5.74) is 6.33. The molecule has 17 heavy (non-hydrogen) atoms. The van der Waals surface area contributed by atoms with E-state index in [-0.39, 0.29) is 6.04 Å². The Labute approximate surface area is 124 Å². The van der Waals surface area contributed by atoms with Crippen LogP contribution in [0.25, 0.3) is 0 Å². The average molecular weight is 382 g/mol. The fourth-order valence-corrected chi connectivity index (χ4v) is 4.80. The molecule has 96 valence electrons. The number of nitrogens with zero attached hydrogens (tertiary/aromatic N) is 1. The standard InChI is InChI=1S/C12H18Br2N2S/c1-7(2)16-5-3-4-9(15)11(16)10-6-8(13)12(14)17-10/h6-7,9,11H,3-5,15H2,1-2H3. The largest absolute Gasteiger partial charge is 0.326 e. The van der Waals surface area contributed by atoms with Gasteiger partial charge in [0.2, 0.25) is 0 Å². The fraction of sp³-hybridized carbons (Fsp3) is 0.667. The van der Waals surface area contributed by atoms with Gasteiger partial charge in [0.15, 0.2) is 0 Å². The smallest absolute Gasteiger partial charge is 0.0843 e. The highest BCUT2D eigenvalue weighted by molar-refractivity contribution is 9.13. The molecule has 1 aromatic rings. The van der Waals surface area contributed by atoms with Crippen LogP contribution in [0.2, 0.25) is 0 Å². The molecule has 1 aromatic heterocycles. The van der Waals surface area contributed by atoms with Crippen molar-refractivity contribution in [2.24, 2.45) is 5.73 Å². The normalized spacial score (nSPS) is 26.7. The van der Waals surface area contributed by atoms with Gasteiger partial charge in [-0.15, -0.1) is 11.3 Å². The molecule has 0 spiro atoms. The maximum Gasteiger partial charge on any atom is 0.0843 e. The van der Waals surface area contributed by atoms with Crippen molar-refractivity contribution < 1.29 is 0 Å². The minimum atomic E-state index is 0.253. The van der Waals surface area contributed by atoms with Gasteiger partial charge in [0.1, 0.15) is 0 Å². The molecule has 0 radical (unpaired) electrons. The highest BCUT2D eigenvalue weighted by atomic mass is 79.9. The van der Waals surface area contributed by atoms with Crippen molar-refractivity contribution in [2.45, 2.75) is 44.8 Å². The van der Waals surface area contributed by atoms with Gasteiger partial charge in [-0.05, 0) is 71.2 Å². The fourth-order valence-electron chi connectivity index (χ4n) is 2.52. The van der Waals surface area contributed by atoms with Gasteiger partial charge in [-0.3, -0.25) is 4.90 Å². The Morgan fingerprint density at radius 1 is 1.47 bits per heavy atom. The van der Waals surface area contributed by atoms with Gasteiger partial charge in [0.05, 0.1) is 9.83 Å². The first kappa shape index (κ1) is 14.0. The van der Waals surface area contributed by atoms with Crippen LogP contribution in [-0.2, 0) is 0 Å². The van der Waals surface area contributed by atoms with Gasteiger partial charge in [-0.2, -0.15) is 0 Å². The third kappa shape index (κ3) is 2.95. The van der Waals surface area contributed by atoms with Crippen LogP contribution in [0.4, 0.5) is 0 Å². The maximum atomic E-state index is 6.33. The van der Waals surface area contributed by atoms with Crippen LogP contribution in [0.5, 0.6) is 0 Å². The van der Waals surface area contributed by atoms with E-state index in [4.69, 9.17) is 5.73 Å². The molecule has 5 heteroatoms. The first-order valence-corrected chi connectivity index (χ1v) is 8.37. The number of halogens is 2. The second kappa shape index (κ2) is 5.70. The van der Waals surface area contributed by atoms with E-state index in [0.29, 0.717) is 12.1 Å². The van der Waals surface area contributed by atoms with Crippen molar-refractivity contribution in [3.63, 3.8) is 0 Å². The molecule has 2 heterocycles. The van der Waals surface area contributed by atoms with Crippen LogP contribution in [0.3, 0.4) is 0 Å². The summed E-state index contributed by atoms with van der Waals surface area (Å²) in [6.07, 6.45) is 2.34. The monoisotopic (exact) mass is 380 g/mol. The van der Waals surface area contributed by atoms with E-state index >= 15 is 0 Å². The topological polar surface area (TPSA) is 29.3 Å². The lowest BCUT2D eigenvalue weighted by Crippen LogP contribution is -2.48. The zero-order chi connectivity index (χ0) is 12.6. The molecule has 2 atom stereocenters. The molecule has 1 aliphatic heterocycles. The number of thiophene rings is 1. The molecule has 2 rings (SSSR count). The third-order valence-corrected chi connectivity index (χ3v) is 6.66. The van der Waals surface area contributed by atoms with Crippen LogP contribution < -0.4 is 5.73 Å². The third-order valence-electron chi connectivity index (χ3n) is 3.34. The molecular weight excluding hydrogens is 364 g/mol. The zero-order valence-corrected chi connectivity index (χ0v) is 14.1. The van der Waals surface area contributed by atoms with Gasteiger partial charge in [0.25, 0.3) is 0 Å². The highest BCUT2D eigenvalue weighted by Gasteiger charge is 2.33. The van der Waals surface area contributed by atoms with Crippen LogP contribution in [-0.4, -0.2) is 23.5 Å². The molecule has 2 nitrogen and oxygen atoms in total. The molecule has 0 saturated carbocycles. The molecule has 0 bridgehead atoms. The van der Waals surface area contributed by atoms with Crippen molar-refractivity contribution in [2.75, 3.05) is 6.54 Å². The highest BCUT2D eigenvalue weighted by Crippen LogP contribution is 2.41. The summed E-state index contributed by atoms with van der Waals surface area (Å²) in [5, 5.41) is 0. The summed E-state index contributed by atoms with van der Waals surface area (Å²) >= 11 is 8.93. The Kier molecular flexibility index (Phi) is 4.69. The van der Waals surface area contributed by atoms with E-state index in [2.05, 4.69) is 56.7 Å². The number of hydrogen-bond donors (Lipinski definition) is 1. The quantitative estimate of drug-likeness (QED) is 0.833. The lowest BCUT2D eigenvalue weighted by Gasteiger charge is -2.41. The molecule has 2 N–H and O–H groups in total. The van der Waals surface area contributed by atoms with E-state index < -0.39 is 0 Å². The second-order valence-corrected chi connectivity index (χ2v) is 8.11. The van der Waals surface area contributed by atoms with Crippen LogP contribution in [0, 0.1) is 0 Å². The summed E-state index contributed by atoms with van der Waals surface area (Å²) in [5.74, 6) is 0. The minimum Gasteiger partial charge on any atom is -0.326 e. The summed E-state index contributed by atoms with van der Waals surface area (Å²) in [6.45, 7) is 5.66. The van der Waals surface area contributed by atoms with E-state index in [1.165, 1.54) is 11.3 Å². The number of hydrogen-bond acceptors (Lipinski definition) is 3. The first-order valence-electron chi connectivity index (χ1n) is 5.96. The summed E-state index contributed by atoms with van der Waals surface area (Å²) in [6, 6.07) is 3.38. The van der Waals surface area contributed by atoms with E-state index in [0.717, 1.165) is 21.2 Å². The van der Waals surface area contributed by atoms with E-state index in [1.54, 1.807) is 11.3 Å². The Balaban J connectivity index is 2.31. The van der Waals surface area contributed by atoms with Crippen molar-refractivity contribution in [3.8, 4) is 0 Å². The van der Waals surface area contributed by atoms with Crippen molar-refractivity contribution >= 4 is 43.2 Å². The molecule has 0 aromatic carbocycles. The van der Waals surface area contributed by atoms with Gasteiger partial charge in [-0.25, -0.2) is 0 Å². The Morgan fingerprint density at radius 2 is 2.18 bits per heavy atom. The van der Waals surface area contributed by atoms with Crippen LogP contribution >= 0.6 is 43.2 Å². The molecule has 2 unspecified atom stereocenters. The maximum absolute atomic E-state index is 6.33. The molecule has 0 aliphatic carbocycles. The second-order valence-electron chi connectivity index (χ2n) is 4.85. The van der Waals surface area contributed by atoms with Crippen molar-refractivity contribution in [1.29, 1.82) is 0 Å². The van der Waals surface area contributed by atoms with E-state index in [9.17, 15) is 0 Å². The van der Waals surface area contributed by atoms with Gasteiger partial charge >= 0.3 is 0 Å². The van der Waals surface area contributed by atoms with Gasteiger partial charge in [-0.1, -0.05) is 0 Å². The Hall–Kier alpha value is 0.580. The van der Waals surface area contributed by atoms with Crippen molar-refractivity contribution in [3.05, 3.63) is 19.2 Å². The molecular formula is C12H18Br2N2S. The van der Waals surface area contributed by atoms with Gasteiger partial charge < -0.3 is 5.73 Å². The lowest BCUT2D eigenvalue weighted by atomic mass is 9.94. The Morgan fingerprint density at radius 3 is 2.71 bits per heavy atom. The van der Waals surface area contributed by atoms with Crippen molar-refractivity contribution in [1.82, 2.24) is 4.90 Å². The first-order chi connectivity index (χ1) is 8.00. The summed E-state index contributed by atoms with van der Waals surface area (Å²) < 4.78 is 2.30. The lowest BCUT2D eigenvalue weighted by molar-refractivity contribution is 0.0969. The SMILES string of the molecule is CC(C)N1CCCC(N)C1c1cc(Br)c(Br)s1. The van der Waals surface area contributed by atoms with E-state index in [1.807, 2.05) is 0 Å². The molecule has 1 aliphatic rings. The number of piperidine rings is 1. The average Bonchev–Trinajstić information content (AvgIpc) is 2.58. The Bertz CT molecular complexity index is 372. The van der Waals surface area contributed by atoms with Gasteiger partial charge in [0, 0.05) is 21.4 Å². The summed E-state index contributed by atoms with van der Waals surface area (Å²) in [4.78, 5) is 3.89. The zero-order valence-electron chi connectivity index (χ0n) is 10.1. The number of likely N-dealkylation sites (tertiary alicyclic amines) is 1. The molecule has 1 fully saturated rings. The predicted molar refractivity (Wildman–Crippen MR) is 81.5 cm³/mol. The number of rotatable bonds is 2. The molecule has 0 amide bonds. The predicted octanol–water partition coefficient (Wildman–Crippen LogP) is 4.15.